The summed E-state index contributed by atoms with van der Waals surface area (Å²) in [5.41, 5.74) is 3.95. The van der Waals surface area contributed by atoms with Crippen LogP contribution >= 0.6 is 0 Å². The van der Waals surface area contributed by atoms with E-state index in [9.17, 15) is 0 Å². The molecular formula is C21H26N2O3. The Morgan fingerprint density at radius 2 is 2.04 bits per heavy atom. The number of aromatic nitrogens is 1. The normalized spacial score (nSPS) is 21.5. The van der Waals surface area contributed by atoms with Gasteiger partial charge in [-0.3, -0.25) is 9.88 Å². The number of hydrogen-bond acceptors (Lipinski definition) is 5. The third-order valence-electron chi connectivity index (χ3n) is 5.49. The summed E-state index contributed by atoms with van der Waals surface area (Å²) >= 11 is 0. The van der Waals surface area contributed by atoms with Gasteiger partial charge in [-0.05, 0) is 42.2 Å². The molecule has 0 radical (unpaired) electrons. The molecule has 3 heterocycles. The molecule has 0 spiro atoms. The average Bonchev–Trinajstić information content (AvgIpc) is 2.94. The molecule has 2 aliphatic rings. The summed E-state index contributed by atoms with van der Waals surface area (Å²) in [4.78, 5) is 7.23. The molecule has 1 fully saturated rings. The van der Waals surface area contributed by atoms with Gasteiger partial charge in [-0.25, -0.2) is 0 Å². The number of pyridine rings is 1. The highest BCUT2D eigenvalue weighted by Crippen LogP contribution is 2.44. The summed E-state index contributed by atoms with van der Waals surface area (Å²) in [5.74, 6) is 1.55. The van der Waals surface area contributed by atoms with Crippen LogP contribution in [0.5, 0.6) is 11.5 Å². The third-order valence-corrected chi connectivity index (χ3v) is 5.49. The zero-order valence-corrected chi connectivity index (χ0v) is 15.5. The summed E-state index contributed by atoms with van der Waals surface area (Å²) in [5, 5.41) is 0. The second-order valence-electron chi connectivity index (χ2n) is 6.99. The molecule has 2 unspecified atom stereocenters. The predicted octanol–water partition coefficient (Wildman–Crippen LogP) is 3.38. The molecule has 2 bridgehead atoms. The standard InChI is InChI=1S/C21H26N2O3/c1-24-10-11-26-21-12-15(5-8-20(21)25-2)14-23-16-6-7-19(23)17-4-3-9-22-18(17)13-16/h3-5,8-9,12,16,19H,6-7,10-11,13-14H2,1-2H3. The number of rotatable bonds is 7. The van der Waals surface area contributed by atoms with Gasteiger partial charge in [0.1, 0.15) is 6.61 Å². The molecule has 2 atom stereocenters. The molecule has 1 saturated heterocycles. The van der Waals surface area contributed by atoms with Crippen molar-refractivity contribution in [3.63, 3.8) is 0 Å². The van der Waals surface area contributed by atoms with Crippen LogP contribution in [-0.4, -0.2) is 43.4 Å². The van der Waals surface area contributed by atoms with Crippen LogP contribution in [0.1, 0.15) is 35.7 Å². The summed E-state index contributed by atoms with van der Waals surface area (Å²) in [6.07, 6.45) is 5.44. The molecule has 5 nitrogen and oxygen atoms in total. The molecule has 2 aromatic rings. The quantitative estimate of drug-likeness (QED) is 0.713. The Hall–Kier alpha value is -2.11. The van der Waals surface area contributed by atoms with E-state index in [-0.39, 0.29) is 0 Å². The van der Waals surface area contributed by atoms with Crippen molar-refractivity contribution < 1.29 is 14.2 Å². The van der Waals surface area contributed by atoms with E-state index in [2.05, 4.69) is 34.1 Å². The van der Waals surface area contributed by atoms with Crippen molar-refractivity contribution in [1.29, 1.82) is 0 Å². The van der Waals surface area contributed by atoms with Gasteiger partial charge in [-0.1, -0.05) is 12.1 Å². The van der Waals surface area contributed by atoms with E-state index in [4.69, 9.17) is 14.2 Å². The second-order valence-corrected chi connectivity index (χ2v) is 6.99. The molecule has 0 aliphatic carbocycles. The van der Waals surface area contributed by atoms with Crippen LogP contribution in [0.15, 0.2) is 36.5 Å². The van der Waals surface area contributed by atoms with E-state index in [1.165, 1.54) is 29.7 Å². The molecule has 138 valence electrons. The molecule has 1 aromatic carbocycles. The first kappa shape index (κ1) is 17.3. The highest BCUT2D eigenvalue weighted by Gasteiger charge is 2.40. The highest BCUT2D eigenvalue weighted by atomic mass is 16.5. The first-order valence-electron chi connectivity index (χ1n) is 9.28. The zero-order valence-electron chi connectivity index (χ0n) is 15.5. The van der Waals surface area contributed by atoms with Crippen molar-refractivity contribution in [3.05, 3.63) is 53.3 Å². The number of ether oxygens (including phenoxy) is 3. The Balaban J connectivity index is 1.53. The second kappa shape index (κ2) is 7.64. The fourth-order valence-electron chi connectivity index (χ4n) is 4.25. The van der Waals surface area contributed by atoms with Crippen LogP contribution in [0.3, 0.4) is 0 Å². The molecule has 1 aromatic heterocycles. The molecule has 0 N–H and O–H groups in total. The summed E-state index contributed by atoms with van der Waals surface area (Å²) in [7, 11) is 3.35. The van der Waals surface area contributed by atoms with Gasteiger partial charge in [-0.2, -0.15) is 0 Å². The Morgan fingerprint density at radius 3 is 2.88 bits per heavy atom. The Kier molecular flexibility index (Phi) is 5.09. The first-order valence-corrected chi connectivity index (χ1v) is 9.28. The highest BCUT2D eigenvalue weighted by molar-refractivity contribution is 5.43. The average molecular weight is 354 g/mol. The van der Waals surface area contributed by atoms with Gasteiger partial charge in [0.05, 0.1) is 13.7 Å². The van der Waals surface area contributed by atoms with Crippen LogP contribution in [-0.2, 0) is 17.7 Å². The zero-order chi connectivity index (χ0) is 17.9. The summed E-state index contributed by atoms with van der Waals surface area (Å²) in [6, 6.07) is 11.6. The number of fused-ring (bicyclic) bond motifs is 4. The predicted molar refractivity (Wildman–Crippen MR) is 99.6 cm³/mol. The lowest BCUT2D eigenvalue weighted by atomic mass is 9.97. The van der Waals surface area contributed by atoms with Gasteiger partial charge < -0.3 is 14.2 Å². The van der Waals surface area contributed by atoms with E-state index in [1.807, 2.05) is 12.3 Å². The summed E-state index contributed by atoms with van der Waals surface area (Å²) in [6.45, 7) is 2.01. The van der Waals surface area contributed by atoms with Crippen molar-refractivity contribution in [1.82, 2.24) is 9.88 Å². The van der Waals surface area contributed by atoms with Crippen molar-refractivity contribution in [3.8, 4) is 11.5 Å². The molecule has 4 rings (SSSR count). The van der Waals surface area contributed by atoms with E-state index in [1.54, 1.807) is 14.2 Å². The van der Waals surface area contributed by atoms with Gasteiger partial charge in [0, 0.05) is 44.0 Å². The Bertz CT molecular complexity index is 765. The fourth-order valence-corrected chi connectivity index (χ4v) is 4.25. The van der Waals surface area contributed by atoms with Crippen LogP contribution in [0.25, 0.3) is 0 Å². The SMILES string of the molecule is COCCOc1cc(CN2C3CCC2c2cccnc2C3)ccc1OC. The topological polar surface area (TPSA) is 43.8 Å². The third kappa shape index (κ3) is 3.29. The maximum atomic E-state index is 5.85. The molecule has 26 heavy (non-hydrogen) atoms. The number of nitrogens with zero attached hydrogens (tertiary/aromatic N) is 2. The Morgan fingerprint density at radius 1 is 1.12 bits per heavy atom. The van der Waals surface area contributed by atoms with Crippen LogP contribution in [0.2, 0.25) is 0 Å². The fraction of sp³-hybridized carbons (Fsp3) is 0.476. The van der Waals surface area contributed by atoms with Crippen LogP contribution in [0, 0.1) is 0 Å². The molecule has 0 amide bonds. The molecule has 0 saturated carbocycles. The van der Waals surface area contributed by atoms with Gasteiger partial charge in [0.15, 0.2) is 11.5 Å². The van der Waals surface area contributed by atoms with Gasteiger partial charge >= 0.3 is 0 Å². The largest absolute Gasteiger partial charge is 0.493 e. The number of methoxy groups -OCH3 is 2. The van der Waals surface area contributed by atoms with Crippen molar-refractivity contribution in [2.45, 2.75) is 37.9 Å². The smallest absolute Gasteiger partial charge is 0.161 e. The first-order chi connectivity index (χ1) is 12.8. The minimum atomic E-state index is 0.484. The van der Waals surface area contributed by atoms with E-state index < -0.39 is 0 Å². The number of benzene rings is 1. The van der Waals surface area contributed by atoms with Crippen LogP contribution in [0.4, 0.5) is 0 Å². The maximum absolute atomic E-state index is 5.85. The lowest BCUT2D eigenvalue weighted by Gasteiger charge is -2.35. The van der Waals surface area contributed by atoms with E-state index >= 15 is 0 Å². The Labute approximate surface area is 154 Å². The van der Waals surface area contributed by atoms with Gasteiger partial charge in [-0.15, -0.1) is 0 Å². The molecule has 5 heteroatoms. The lowest BCUT2D eigenvalue weighted by Crippen LogP contribution is -2.37. The van der Waals surface area contributed by atoms with E-state index in [0.717, 1.165) is 24.5 Å². The van der Waals surface area contributed by atoms with Crippen LogP contribution < -0.4 is 9.47 Å². The minimum Gasteiger partial charge on any atom is -0.493 e. The maximum Gasteiger partial charge on any atom is 0.161 e. The molecule has 2 aliphatic heterocycles. The van der Waals surface area contributed by atoms with E-state index in [0.29, 0.717) is 25.3 Å². The van der Waals surface area contributed by atoms with Crippen molar-refractivity contribution >= 4 is 0 Å². The molecular weight excluding hydrogens is 328 g/mol. The minimum absolute atomic E-state index is 0.484. The van der Waals surface area contributed by atoms with Crippen molar-refractivity contribution in [2.75, 3.05) is 27.4 Å². The lowest BCUT2D eigenvalue weighted by molar-refractivity contribution is 0.143. The van der Waals surface area contributed by atoms with Crippen molar-refractivity contribution in [2.24, 2.45) is 0 Å². The van der Waals surface area contributed by atoms with Gasteiger partial charge in [0.25, 0.3) is 0 Å². The number of hydrogen-bond donors (Lipinski definition) is 0. The van der Waals surface area contributed by atoms with Gasteiger partial charge in [0.2, 0.25) is 0 Å². The summed E-state index contributed by atoms with van der Waals surface area (Å²) < 4.78 is 16.4. The monoisotopic (exact) mass is 354 g/mol.